The van der Waals surface area contributed by atoms with Gasteiger partial charge in [0.05, 0.1) is 5.92 Å². The Morgan fingerprint density at radius 2 is 2.06 bits per heavy atom. The fraction of sp³-hybridized carbons (Fsp3) is 0.727. The van der Waals surface area contributed by atoms with Crippen LogP contribution < -0.4 is 5.32 Å². The molecule has 0 radical (unpaired) electrons. The summed E-state index contributed by atoms with van der Waals surface area (Å²) in [5.41, 5.74) is 0. The lowest BCUT2D eigenvalue weighted by molar-refractivity contribution is -0.143. The van der Waals surface area contributed by atoms with Crippen LogP contribution in [0, 0.1) is 5.92 Å². The summed E-state index contributed by atoms with van der Waals surface area (Å²) in [6.45, 7) is 3.95. The molecule has 0 aromatic heterocycles. The number of likely N-dealkylation sites (tertiary alicyclic amines) is 1. The molecule has 17 heavy (non-hydrogen) atoms. The van der Waals surface area contributed by atoms with Crippen LogP contribution in [0.25, 0.3) is 0 Å². The zero-order valence-corrected chi connectivity index (χ0v) is 10.1. The highest BCUT2D eigenvalue weighted by Gasteiger charge is 2.28. The molecule has 6 heteroatoms. The molecule has 1 fully saturated rings. The summed E-state index contributed by atoms with van der Waals surface area (Å²) in [6.07, 6.45) is 1.47. The SMILES string of the molecule is CC(=O)N1CCCC(C(=O)N[C@H](C)C(=O)O)C1. The van der Waals surface area contributed by atoms with Crippen LogP contribution in [0.5, 0.6) is 0 Å². The Bertz CT molecular complexity index is 329. The highest BCUT2D eigenvalue weighted by Crippen LogP contribution is 2.16. The van der Waals surface area contributed by atoms with Gasteiger partial charge in [0.2, 0.25) is 11.8 Å². The molecular weight excluding hydrogens is 224 g/mol. The third-order valence-electron chi connectivity index (χ3n) is 2.97. The normalized spacial score (nSPS) is 21.8. The van der Waals surface area contributed by atoms with Crippen LogP contribution in [0.2, 0.25) is 0 Å². The van der Waals surface area contributed by atoms with Crippen LogP contribution in [0.4, 0.5) is 0 Å². The van der Waals surface area contributed by atoms with Gasteiger partial charge in [0.15, 0.2) is 0 Å². The Morgan fingerprint density at radius 3 is 2.59 bits per heavy atom. The van der Waals surface area contributed by atoms with Gasteiger partial charge < -0.3 is 15.3 Å². The average Bonchev–Trinajstić information content (AvgIpc) is 2.28. The van der Waals surface area contributed by atoms with Crippen molar-refractivity contribution >= 4 is 17.8 Å². The minimum Gasteiger partial charge on any atom is -0.480 e. The van der Waals surface area contributed by atoms with Crippen molar-refractivity contribution in [1.29, 1.82) is 0 Å². The maximum absolute atomic E-state index is 11.8. The lowest BCUT2D eigenvalue weighted by Crippen LogP contribution is -2.48. The topological polar surface area (TPSA) is 86.7 Å². The van der Waals surface area contributed by atoms with Crippen molar-refractivity contribution in [1.82, 2.24) is 10.2 Å². The van der Waals surface area contributed by atoms with E-state index in [2.05, 4.69) is 5.32 Å². The second kappa shape index (κ2) is 5.65. The van der Waals surface area contributed by atoms with Gasteiger partial charge in [-0.3, -0.25) is 14.4 Å². The zero-order valence-electron chi connectivity index (χ0n) is 10.1. The van der Waals surface area contributed by atoms with Gasteiger partial charge in [0.25, 0.3) is 0 Å². The Kier molecular flexibility index (Phi) is 4.48. The monoisotopic (exact) mass is 242 g/mol. The lowest BCUT2D eigenvalue weighted by Gasteiger charge is -2.31. The number of nitrogens with one attached hydrogen (secondary N) is 1. The first kappa shape index (κ1) is 13.5. The summed E-state index contributed by atoms with van der Waals surface area (Å²) in [6, 6.07) is -0.893. The summed E-state index contributed by atoms with van der Waals surface area (Å²) in [7, 11) is 0. The van der Waals surface area contributed by atoms with E-state index in [-0.39, 0.29) is 17.7 Å². The number of hydrogen-bond donors (Lipinski definition) is 2. The van der Waals surface area contributed by atoms with E-state index < -0.39 is 12.0 Å². The van der Waals surface area contributed by atoms with E-state index in [1.807, 2.05) is 0 Å². The number of aliphatic carboxylic acids is 1. The summed E-state index contributed by atoms with van der Waals surface area (Å²) in [4.78, 5) is 35.2. The minimum atomic E-state index is -1.06. The van der Waals surface area contributed by atoms with Crippen LogP contribution in [0.15, 0.2) is 0 Å². The van der Waals surface area contributed by atoms with Crippen molar-refractivity contribution < 1.29 is 19.5 Å². The molecule has 2 N–H and O–H groups in total. The van der Waals surface area contributed by atoms with Crippen molar-refractivity contribution in [3.05, 3.63) is 0 Å². The Morgan fingerprint density at radius 1 is 1.41 bits per heavy atom. The van der Waals surface area contributed by atoms with Crippen LogP contribution in [0.1, 0.15) is 26.7 Å². The van der Waals surface area contributed by atoms with Crippen LogP contribution in [-0.4, -0.2) is 46.9 Å². The van der Waals surface area contributed by atoms with Crippen molar-refractivity contribution in [3.8, 4) is 0 Å². The molecule has 96 valence electrons. The summed E-state index contributed by atoms with van der Waals surface area (Å²) in [5.74, 6) is -1.69. The minimum absolute atomic E-state index is 0.0474. The number of rotatable bonds is 3. The smallest absolute Gasteiger partial charge is 0.325 e. The maximum Gasteiger partial charge on any atom is 0.325 e. The number of carboxylic acids is 1. The largest absolute Gasteiger partial charge is 0.480 e. The number of carbonyl (C=O) groups is 3. The molecule has 2 amide bonds. The van der Waals surface area contributed by atoms with Gasteiger partial charge in [0, 0.05) is 20.0 Å². The molecule has 1 unspecified atom stereocenters. The summed E-state index contributed by atoms with van der Waals surface area (Å²) in [5, 5.41) is 11.1. The molecule has 0 bridgehead atoms. The number of piperidine rings is 1. The summed E-state index contributed by atoms with van der Waals surface area (Å²) < 4.78 is 0. The van der Waals surface area contributed by atoms with E-state index in [1.54, 1.807) is 4.90 Å². The van der Waals surface area contributed by atoms with Crippen molar-refractivity contribution in [3.63, 3.8) is 0 Å². The standard InChI is InChI=1S/C11H18N2O4/c1-7(11(16)17)12-10(15)9-4-3-5-13(6-9)8(2)14/h7,9H,3-6H2,1-2H3,(H,12,15)(H,16,17)/t7-,9?/m1/s1. The van der Waals surface area contributed by atoms with E-state index in [0.717, 1.165) is 6.42 Å². The molecule has 1 aliphatic rings. The highest BCUT2D eigenvalue weighted by atomic mass is 16.4. The summed E-state index contributed by atoms with van der Waals surface area (Å²) >= 11 is 0. The van der Waals surface area contributed by atoms with Gasteiger partial charge in [-0.05, 0) is 19.8 Å². The third kappa shape index (κ3) is 3.72. The first-order chi connectivity index (χ1) is 7.91. The van der Waals surface area contributed by atoms with Gasteiger partial charge in [-0.25, -0.2) is 0 Å². The van der Waals surface area contributed by atoms with Gasteiger partial charge in [-0.15, -0.1) is 0 Å². The first-order valence-corrected chi connectivity index (χ1v) is 5.70. The van der Waals surface area contributed by atoms with Crippen molar-refractivity contribution in [2.24, 2.45) is 5.92 Å². The van der Waals surface area contributed by atoms with Crippen LogP contribution >= 0.6 is 0 Å². The fourth-order valence-corrected chi connectivity index (χ4v) is 1.87. The maximum atomic E-state index is 11.8. The fourth-order valence-electron chi connectivity index (χ4n) is 1.87. The molecule has 1 heterocycles. The third-order valence-corrected chi connectivity index (χ3v) is 2.97. The van der Waals surface area contributed by atoms with Gasteiger partial charge in [-0.1, -0.05) is 0 Å². The molecule has 0 saturated carbocycles. The average molecular weight is 242 g/mol. The number of nitrogens with zero attached hydrogens (tertiary/aromatic N) is 1. The molecule has 0 aromatic carbocycles. The molecular formula is C11H18N2O4. The molecule has 1 saturated heterocycles. The van der Waals surface area contributed by atoms with E-state index in [4.69, 9.17) is 5.11 Å². The number of hydrogen-bond acceptors (Lipinski definition) is 3. The lowest BCUT2D eigenvalue weighted by atomic mass is 9.97. The second-order valence-electron chi connectivity index (χ2n) is 4.37. The second-order valence-corrected chi connectivity index (χ2v) is 4.37. The first-order valence-electron chi connectivity index (χ1n) is 5.70. The Hall–Kier alpha value is -1.59. The number of carbonyl (C=O) groups excluding carboxylic acids is 2. The molecule has 1 aliphatic heterocycles. The van der Waals surface area contributed by atoms with Gasteiger partial charge >= 0.3 is 5.97 Å². The van der Waals surface area contributed by atoms with E-state index in [0.29, 0.717) is 19.5 Å². The molecule has 0 aromatic rings. The van der Waals surface area contributed by atoms with Crippen LogP contribution in [0.3, 0.4) is 0 Å². The van der Waals surface area contributed by atoms with E-state index in [9.17, 15) is 14.4 Å². The van der Waals surface area contributed by atoms with Gasteiger partial charge in [-0.2, -0.15) is 0 Å². The zero-order chi connectivity index (χ0) is 13.0. The molecule has 0 aliphatic carbocycles. The predicted octanol–water partition coefficient (Wildman–Crippen LogP) is -0.166. The molecule has 1 rings (SSSR count). The predicted molar refractivity (Wildman–Crippen MR) is 60.2 cm³/mol. The van der Waals surface area contributed by atoms with Crippen molar-refractivity contribution in [2.75, 3.05) is 13.1 Å². The van der Waals surface area contributed by atoms with Gasteiger partial charge in [0.1, 0.15) is 6.04 Å². The Labute approximate surface area is 100.0 Å². The Balaban J connectivity index is 2.52. The van der Waals surface area contributed by atoms with Crippen LogP contribution in [-0.2, 0) is 14.4 Å². The van der Waals surface area contributed by atoms with E-state index >= 15 is 0 Å². The number of carboxylic acid groups (broad SMARTS) is 1. The molecule has 2 atom stereocenters. The van der Waals surface area contributed by atoms with Crippen molar-refractivity contribution in [2.45, 2.75) is 32.7 Å². The van der Waals surface area contributed by atoms with E-state index in [1.165, 1.54) is 13.8 Å². The molecule has 0 spiro atoms. The number of amides is 2. The highest BCUT2D eigenvalue weighted by molar-refractivity contribution is 5.85. The quantitative estimate of drug-likeness (QED) is 0.719. The molecule has 6 nitrogen and oxygen atoms in total.